The van der Waals surface area contributed by atoms with Gasteiger partial charge in [-0.15, -0.1) is 0 Å². The molecule has 2 saturated carbocycles. The van der Waals surface area contributed by atoms with Crippen molar-refractivity contribution in [3.05, 3.63) is 94.6 Å². The second kappa shape index (κ2) is 14.1. The molecule has 11 atom stereocenters. The van der Waals surface area contributed by atoms with E-state index in [1.165, 1.54) is 32.1 Å². The minimum atomic E-state index is -2.29. The molecule has 1 amide bonds. The minimum Gasteiger partial charge on any atom is -0.456 e. The Labute approximate surface area is 313 Å². The summed E-state index contributed by atoms with van der Waals surface area (Å²) in [4.78, 5) is 55.5. The van der Waals surface area contributed by atoms with Crippen LogP contribution in [0.3, 0.4) is 0 Å². The number of fused-ring (bicyclic) bond motifs is 5. The summed E-state index contributed by atoms with van der Waals surface area (Å²) in [6.07, 6.45) is -8.66. The molecule has 2 aromatic rings. The molecule has 0 aromatic heterocycles. The van der Waals surface area contributed by atoms with Gasteiger partial charge in [-0.2, -0.15) is 0 Å². The third kappa shape index (κ3) is 6.20. The first kappa shape index (κ1) is 39.5. The number of amides is 1. The predicted octanol–water partition coefficient (Wildman–Crippen LogP) is 2.19. The van der Waals surface area contributed by atoms with E-state index < -0.39 is 101 Å². The van der Waals surface area contributed by atoms with Crippen LogP contribution in [0, 0.1) is 16.7 Å². The van der Waals surface area contributed by atoms with Crippen molar-refractivity contribution in [3.8, 4) is 0 Å². The molecule has 13 nitrogen and oxygen atoms in total. The number of aliphatic hydroxyl groups excluding tert-OH is 3. The molecule has 1 heterocycles. The lowest BCUT2D eigenvalue weighted by atomic mass is 9.44. The topological polar surface area (TPSA) is 209 Å². The number of nitrogens with one attached hydrogen (secondary N) is 1. The van der Waals surface area contributed by atoms with Crippen LogP contribution in [0.25, 0.3) is 0 Å². The van der Waals surface area contributed by atoms with Gasteiger partial charge in [-0.3, -0.25) is 9.59 Å². The Morgan fingerprint density at radius 3 is 2.09 bits per heavy atom. The first-order valence-electron chi connectivity index (χ1n) is 18.1. The van der Waals surface area contributed by atoms with Gasteiger partial charge in [0.05, 0.1) is 35.8 Å². The van der Waals surface area contributed by atoms with Crippen molar-refractivity contribution in [2.24, 2.45) is 16.7 Å². The Balaban J connectivity index is 1.44. The zero-order valence-corrected chi connectivity index (χ0v) is 31.2. The van der Waals surface area contributed by atoms with Gasteiger partial charge in [-0.25, -0.2) is 9.59 Å². The molecule has 2 bridgehead atoms. The summed E-state index contributed by atoms with van der Waals surface area (Å²) in [7, 11) is 0. The monoisotopic (exact) mass is 747 g/mol. The van der Waals surface area contributed by atoms with Gasteiger partial charge in [0.2, 0.25) is 0 Å². The molecule has 6 rings (SSSR count). The van der Waals surface area contributed by atoms with Crippen molar-refractivity contribution in [3.63, 3.8) is 0 Å². The number of Topliss-reactive ketones (excluding diaryl/α,β-unsaturated/α-hetero) is 1. The molecule has 1 saturated heterocycles. The number of hydrogen-bond donors (Lipinski definition) is 6. The van der Waals surface area contributed by atoms with Gasteiger partial charge in [0.1, 0.15) is 29.5 Å². The van der Waals surface area contributed by atoms with Crippen LogP contribution in [0.4, 0.5) is 0 Å². The second-order valence-corrected chi connectivity index (χ2v) is 16.1. The quantitative estimate of drug-likeness (QED) is 0.170. The van der Waals surface area contributed by atoms with E-state index in [2.05, 4.69) is 5.32 Å². The molecule has 0 spiro atoms. The molecule has 4 aliphatic rings. The lowest BCUT2D eigenvalue weighted by Crippen LogP contribution is -2.81. The van der Waals surface area contributed by atoms with Gasteiger partial charge >= 0.3 is 11.9 Å². The van der Waals surface area contributed by atoms with Gasteiger partial charge < -0.3 is 45.1 Å². The number of carbonyl (C=O) groups is 4. The lowest BCUT2D eigenvalue weighted by molar-refractivity contribution is -0.343. The fourth-order valence-corrected chi connectivity index (χ4v) is 9.13. The van der Waals surface area contributed by atoms with Crippen molar-refractivity contribution in [2.75, 3.05) is 6.61 Å². The van der Waals surface area contributed by atoms with E-state index in [-0.39, 0.29) is 35.3 Å². The van der Waals surface area contributed by atoms with E-state index in [0.717, 1.165) is 0 Å². The molecule has 10 unspecified atom stereocenters. The molecule has 6 N–H and O–H groups in total. The number of hydrogen-bond acceptors (Lipinski definition) is 12. The molecule has 290 valence electrons. The Morgan fingerprint density at radius 1 is 0.944 bits per heavy atom. The fraction of sp³-hybridized carbons (Fsp3) is 0.512. The number of ketones is 1. The van der Waals surface area contributed by atoms with Gasteiger partial charge in [-0.05, 0) is 63.1 Å². The zero-order valence-electron chi connectivity index (χ0n) is 31.2. The SMILES string of the molecule is CC(C)=CC(NC(=O)c1ccccc1)C(O)C(=O)OC1CC2(O)C(OC(=O)c3ccccc3)C3C4(O)COC4CC(O)[C@@]3(C)C(=O)C(O)C(=C1C)C2(C)C. The highest BCUT2D eigenvalue weighted by molar-refractivity contribution is 5.95. The lowest BCUT2D eigenvalue weighted by Gasteiger charge is -2.66. The predicted molar refractivity (Wildman–Crippen MR) is 193 cm³/mol. The molecule has 3 fully saturated rings. The number of rotatable bonds is 8. The average molecular weight is 748 g/mol. The fourth-order valence-electron chi connectivity index (χ4n) is 9.13. The summed E-state index contributed by atoms with van der Waals surface area (Å²) in [5, 5.41) is 63.1. The maximum Gasteiger partial charge on any atom is 0.338 e. The third-order valence-electron chi connectivity index (χ3n) is 12.3. The maximum atomic E-state index is 14.7. The van der Waals surface area contributed by atoms with Gasteiger partial charge in [0.25, 0.3) is 5.91 Å². The highest BCUT2D eigenvalue weighted by Gasteiger charge is 2.76. The Morgan fingerprint density at radius 2 is 1.54 bits per heavy atom. The Bertz CT molecular complexity index is 1870. The first-order valence-corrected chi connectivity index (χ1v) is 18.1. The molecule has 3 aliphatic carbocycles. The number of carbonyl (C=O) groups excluding carboxylic acids is 4. The van der Waals surface area contributed by atoms with Crippen LogP contribution >= 0.6 is 0 Å². The standard InChI is InChI=1S/C41H49NO12/c1-21(2)17-25(42-35(47)23-13-9-7-10-14-23)30(44)37(49)53-26-19-41(51)34(54-36(48)24-15-11-8-12-16-24)32-39(6,27(43)18-28-40(32,50)20-52-28)33(46)31(45)29(22(26)3)38(41,4)5/h7-17,25-28,30-32,34,43-45,50-51H,18-20H2,1-6H3,(H,42,47)/t25?,26?,27?,28?,30?,31?,32?,34?,39-,40?,41?/m1/s1. The molecule has 2 aromatic carbocycles. The molecular weight excluding hydrogens is 698 g/mol. The van der Waals surface area contributed by atoms with Crippen molar-refractivity contribution >= 4 is 23.6 Å². The van der Waals surface area contributed by atoms with Crippen molar-refractivity contribution in [1.29, 1.82) is 0 Å². The van der Waals surface area contributed by atoms with Gasteiger partial charge in [0, 0.05) is 29.7 Å². The largest absolute Gasteiger partial charge is 0.456 e. The number of allylic oxidation sites excluding steroid dienone is 1. The smallest absolute Gasteiger partial charge is 0.338 e. The van der Waals surface area contributed by atoms with Crippen LogP contribution in [0.2, 0.25) is 0 Å². The summed E-state index contributed by atoms with van der Waals surface area (Å²) in [5.74, 6) is -5.03. The number of esters is 2. The van der Waals surface area contributed by atoms with Gasteiger partial charge in [-0.1, -0.05) is 61.9 Å². The van der Waals surface area contributed by atoms with Crippen LogP contribution < -0.4 is 5.32 Å². The van der Waals surface area contributed by atoms with E-state index in [1.807, 2.05) is 0 Å². The zero-order chi connectivity index (χ0) is 39.5. The van der Waals surface area contributed by atoms with Crippen LogP contribution in [0.1, 0.15) is 75.1 Å². The first-order chi connectivity index (χ1) is 25.3. The van der Waals surface area contributed by atoms with E-state index in [4.69, 9.17) is 14.2 Å². The number of aliphatic hydroxyl groups is 5. The normalized spacial score (nSPS) is 35.1. The second-order valence-electron chi connectivity index (χ2n) is 16.1. The van der Waals surface area contributed by atoms with Crippen molar-refractivity contribution in [1.82, 2.24) is 5.32 Å². The van der Waals surface area contributed by atoms with E-state index in [9.17, 15) is 44.7 Å². The molecule has 1 aliphatic heterocycles. The van der Waals surface area contributed by atoms with Gasteiger partial charge in [0.15, 0.2) is 11.9 Å². The highest BCUT2D eigenvalue weighted by Crippen LogP contribution is 2.63. The molecule has 13 heteroatoms. The number of benzene rings is 2. The summed E-state index contributed by atoms with van der Waals surface area (Å²) < 4.78 is 17.8. The summed E-state index contributed by atoms with van der Waals surface area (Å²) in [5.41, 5.74) is -6.48. The number of ether oxygens (including phenoxy) is 3. The summed E-state index contributed by atoms with van der Waals surface area (Å²) >= 11 is 0. The van der Waals surface area contributed by atoms with Crippen LogP contribution in [-0.2, 0) is 23.8 Å². The molecule has 54 heavy (non-hydrogen) atoms. The van der Waals surface area contributed by atoms with E-state index in [1.54, 1.807) is 76.2 Å². The van der Waals surface area contributed by atoms with Crippen LogP contribution in [0.15, 0.2) is 83.5 Å². The summed E-state index contributed by atoms with van der Waals surface area (Å²) in [6, 6.07) is 14.9. The molecular formula is C41H49NO12. The highest BCUT2D eigenvalue weighted by atomic mass is 16.6. The Kier molecular flexibility index (Phi) is 10.3. The van der Waals surface area contributed by atoms with Crippen LogP contribution in [0.5, 0.6) is 0 Å². The van der Waals surface area contributed by atoms with Crippen molar-refractivity contribution < 1.29 is 58.9 Å². The summed E-state index contributed by atoms with van der Waals surface area (Å²) in [6.45, 7) is 9.16. The van der Waals surface area contributed by atoms with E-state index >= 15 is 0 Å². The maximum absolute atomic E-state index is 14.7. The van der Waals surface area contributed by atoms with Crippen molar-refractivity contribution in [2.45, 2.75) is 108 Å². The molecule has 0 radical (unpaired) electrons. The van der Waals surface area contributed by atoms with E-state index in [0.29, 0.717) is 5.57 Å². The Hall–Kier alpha value is -4.24. The minimum absolute atomic E-state index is 0.0293. The van der Waals surface area contributed by atoms with Crippen LogP contribution in [-0.4, -0.2) is 110 Å². The average Bonchev–Trinajstić information content (AvgIpc) is 3.13. The third-order valence-corrected chi connectivity index (χ3v) is 12.3.